The van der Waals surface area contributed by atoms with Gasteiger partial charge in [-0.25, -0.2) is 0 Å². The van der Waals surface area contributed by atoms with E-state index in [2.05, 4.69) is 0 Å². The Morgan fingerprint density at radius 3 is 1.90 bits per heavy atom. The standard InChI is InChI=1S/C28H40O12/c1-12-9-23-28(35,14(3)26(34)40-23)25(39-18(7)32)24-13(2)19(33)10-21(37-16(5)30)27(24,8)22(38-17(6)31)11-20(12)36-15(4)29/h9,13-14,19-25,33,35H,10-11H2,1-8H3/b12-9-/t13-,14-,19-,20+,21-,22-,23-,24+,25-,27+,28-/m0/s1. The normalized spacial score (nSPS) is 42.6. The number of rotatable bonds is 4. The van der Waals surface area contributed by atoms with Crippen molar-refractivity contribution in [3.63, 3.8) is 0 Å². The molecule has 224 valence electrons. The SMILES string of the molecule is CC(=O)O[C@H]1C[C@@H](OC(C)=O)/C(C)=C\[C@@H]2OC(=O)[C@H](C)[C@@]2(O)[C@@H](OC(C)=O)[C@H]2[C@@H](C)[C@@H](O)C[C@H](OC(C)=O)[C@@]21C. The van der Waals surface area contributed by atoms with E-state index in [0.29, 0.717) is 5.57 Å². The first-order chi connectivity index (χ1) is 18.4. The molecule has 0 bridgehead atoms. The molecule has 0 aromatic heterocycles. The van der Waals surface area contributed by atoms with Crippen LogP contribution in [0.4, 0.5) is 0 Å². The van der Waals surface area contributed by atoms with Gasteiger partial charge >= 0.3 is 29.8 Å². The first-order valence-electron chi connectivity index (χ1n) is 13.4. The third kappa shape index (κ3) is 5.60. The van der Waals surface area contributed by atoms with Gasteiger partial charge in [-0.3, -0.25) is 24.0 Å². The number of carbonyl (C=O) groups excluding carboxylic acids is 5. The molecule has 0 spiro atoms. The highest BCUT2D eigenvalue weighted by Crippen LogP contribution is 2.56. The first-order valence-corrected chi connectivity index (χ1v) is 13.4. The summed E-state index contributed by atoms with van der Waals surface area (Å²) in [5.41, 5.74) is -3.21. The maximum absolute atomic E-state index is 12.9. The van der Waals surface area contributed by atoms with Crippen molar-refractivity contribution in [3.05, 3.63) is 11.6 Å². The van der Waals surface area contributed by atoms with E-state index in [1.165, 1.54) is 33.8 Å². The zero-order chi connectivity index (χ0) is 30.3. The highest BCUT2D eigenvalue weighted by molar-refractivity contribution is 5.78. The molecule has 0 radical (unpaired) electrons. The second kappa shape index (κ2) is 11.5. The monoisotopic (exact) mass is 568 g/mol. The van der Waals surface area contributed by atoms with Gasteiger partial charge in [0.25, 0.3) is 0 Å². The molecule has 2 N–H and O–H groups in total. The van der Waals surface area contributed by atoms with Crippen LogP contribution in [-0.4, -0.2) is 82.3 Å². The van der Waals surface area contributed by atoms with Crippen LogP contribution >= 0.6 is 0 Å². The lowest BCUT2D eigenvalue weighted by molar-refractivity contribution is -0.252. The fourth-order valence-electron chi connectivity index (χ4n) is 6.77. The fraction of sp³-hybridized carbons (Fsp3) is 0.750. The molecule has 3 rings (SSSR count). The number of hydrogen-bond donors (Lipinski definition) is 2. The van der Waals surface area contributed by atoms with Crippen LogP contribution in [0.15, 0.2) is 11.6 Å². The third-order valence-corrected chi connectivity index (χ3v) is 8.83. The summed E-state index contributed by atoms with van der Waals surface area (Å²) < 4.78 is 28.6. The third-order valence-electron chi connectivity index (χ3n) is 8.83. The number of hydrogen-bond acceptors (Lipinski definition) is 12. The average molecular weight is 569 g/mol. The van der Waals surface area contributed by atoms with Gasteiger partial charge in [0.15, 0.2) is 11.7 Å². The molecule has 2 aliphatic carbocycles. The summed E-state index contributed by atoms with van der Waals surface area (Å²) >= 11 is 0. The number of esters is 5. The molecular weight excluding hydrogens is 528 g/mol. The lowest BCUT2D eigenvalue weighted by atomic mass is 9.52. The zero-order valence-corrected chi connectivity index (χ0v) is 24.2. The van der Waals surface area contributed by atoms with Crippen molar-refractivity contribution in [1.82, 2.24) is 0 Å². The van der Waals surface area contributed by atoms with Crippen molar-refractivity contribution in [1.29, 1.82) is 0 Å². The Bertz CT molecular complexity index is 1080. The topological polar surface area (TPSA) is 172 Å². The summed E-state index contributed by atoms with van der Waals surface area (Å²) in [6, 6.07) is 0. The summed E-state index contributed by atoms with van der Waals surface area (Å²) in [5, 5.41) is 23.6. The van der Waals surface area contributed by atoms with Gasteiger partial charge in [0.2, 0.25) is 0 Å². The van der Waals surface area contributed by atoms with Crippen molar-refractivity contribution in [3.8, 4) is 0 Å². The molecule has 0 amide bonds. The molecule has 0 aromatic rings. The van der Waals surface area contributed by atoms with Crippen LogP contribution in [0.2, 0.25) is 0 Å². The highest BCUT2D eigenvalue weighted by atomic mass is 16.6. The molecule has 11 atom stereocenters. The molecule has 1 aliphatic heterocycles. The number of carbonyl (C=O) groups is 5. The van der Waals surface area contributed by atoms with E-state index in [-0.39, 0.29) is 12.8 Å². The highest BCUT2D eigenvalue weighted by Gasteiger charge is 2.69. The Morgan fingerprint density at radius 2 is 1.40 bits per heavy atom. The Hall–Kier alpha value is -2.99. The molecular formula is C28H40O12. The zero-order valence-electron chi connectivity index (χ0n) is 24.2. The second-order valence-electron chi connectivity index (χ2n) is 11.5. The smallest absolute Gasteiger partial charge is 0.312 e. The van der Waals surface area contributed by atoms with Crippen molar-refractivity contribution < 1.29 is 57.9 Å². The molecule has 12 nitrogen and oxygen atoms in total. The predicted molar refractivity (Wildman–Crippen MR) is 136 cm³/mol. The largest absolute Gasteiger partial charge is 0.462 e. The predicted octanol–water partition coefficient (Wildman–Crippen LogP) is 1.38. The van der Waals surface area contributed by atoms with E-state index in [1.54, 1.807) is 20.8 Å². The molecule has 40 heavy (non-hydrogen) atoms. The van der Waals surface area contributed by atoms with E-state index in [0.717, 1.165) is 6.92 Å². The van der Waals surface area contributed by atoms with Gasteiger partial charge in [-0.15, -0.1) is 0 Å². The van der Waals surface area contributed by atoms with Crippen molar-refractivity contribution in [2.75, 3.05) is 0 Å². The number of aliphatic hydroxyl groups excluding tert-OH is 1. The second-order valence-corrected chi connectivity index (χ2v) is 11.5. The maximum atomic E-state index is 12.9. The Labute approximate surface area is 233 Å². The minimum atomic E-state index is -2.17. The van der Waals surface area contributed by atoms with Gasteiger partial charge in [-0.05, 0) is 31.4 Å². The minimum Gasteiger partial charge on any atom is -0.462 e. The average Bonchev–Trinajstić information content (AvgIpc) is 3.03. The van der Waals surface area contributed by atoms with E-state index in [4.69, 9.17) is 23.7 Å². The molecule has 1 saturated carbocycles. The Morgan fingerprint density at radius 1 is 0.900 bits per heavy atom. The van der Waals surface area contributed by atoms with E-state index < -0.39 is 95.2 Å². The van der Waals surface area contributed by atoms with Crippen LogP contribution in [-0.2, 0) is 47.7 Å². The Kier molecular flexibility index (Phi) is 9.05. The molecule has 0 aromatic carbocycles. The number of ether oxygens (including phenoxy) is 5. The van der Waals surface area contributed by atoms with Gasteiger partial charge in [-0.2, -0.15) is 0 Å². The van der Waals surface area contributed by atoms with Crippen LogP contribution in [0.3, 0.4) is 0 Å². The first kappa shape index (κ1) is 31.5. The number of fused-ring (bicyclic) bond motifs is 2. The molecule has 1 heterocycles. The van der Waals surface area contributed by atoms with Crippen molar-refractivity contribution >= 4 is 29.8 Å². The van der Waals surface area contributed by atoms with Gasteiger partial charge in [0, 0.05) is 51.9 Å². The van der Waals surface area contributed by atoms with Crippen LogP contribution < -0.4 is 0 Å². The van der Waals surface area contributed by atoms with Gasteiger partial charge in [-0.1, -0.05) is 13.8 Å². The lowest BCUT2D eigenvalue weighted by Gasteiger charge is -2.58. The van der Waals surface area contributed by atoms with E-state index in [1.807, 2.05) is 0 Å². The fourth-order valence-corrected chi connectivity index (χ4v) is 6.77. The van der Waals surface area contributed by atoms with Gasteiger partial charge < -0.3 is 33.9 Å². The van der Waals surface area contributed by atoms with Gasteiger partial charge in [0.1, 0.15) is 24.4 Å². The summed E-state index contributed by atoms with van der Waals surface area (Å²) in [7, 11) is 0. The minimum absolute atomic E-state index is 0.0573. The quantitative estimate of drug-likeness (QED) is 0.284. The van der Waals surface area contributed by atoms with Crippen LogP contribution in [0.1, 0.15) is 68.2 Å². The summed E-state index contributed by atoms with van der Waals surface area (Å²) in [4.78, 5) is 62.3. The van der Waals surface area contributed by atoms with Gasteiger partial charge in [0.05, 0.1) is 12.0 Å². The molecule has 12 heteroatoms. The summed E-state index contributed by atoms with van der Waals surface area (Å²) in [5.74, 6) is -6.51. The molecule has 3 aliphatic rings. The Balaban J connectivity index is 2.44. The van der Waals surface area contributed by atoms with E-state index >= 15 is 0 Å². The summed E-state index contributed by atoms with van der Waals surface area (Å²) in [6.07, 6.45) is -5.86. The molecule has 1 saturated heterocycles. The van der Waals surface area contributed by atoms with Crippen LogP contribution in [0.25, 0.3) is 0 Å². The van der Waals surface area contributed by atoms with E-state index in [9.17, 15) is 34.2 Å². The lowest BCUT2D eigenvalue weighted by Crippen LogP contribution is -2.69. The van der Waals surface area contributed by atoms with Crippen LogP contribution in [0.5, 0.6) is 0 Å². The summed E-state index contributed by atoms with van der Waals surface area (Å²) in [6.45, 7) is 11.1. The molecule has 0 unspecified atom stereocenters. The van der Waals surface area contributed by atoms with Crippen LogP contribution in [0, 0.1) is 23.2 Å². The van der Waals surface area contributed by atoms with Crippen molar-refractivity contribution in [2.24, 2.45) is 23.2 Å². The number of aliphatic hydroxyl groups is 2. The maximum Gasteiger partial charge on any atom is 0.312 e. The van der Waals surface area contributed by atoms with Crippen molar-refractivity contribution in [2.45, 2.75) is 110 Å². The molecule has 2 fully saturated rings.